The number of hydrogen-bond donors (Lipinski definition) is 0. The van der Waals surface area contributed by atoms with Crippen molar-refractivity contribution in [1.29, 1.82) is 0 Å². The first-order chi connectivity index (χ1) is 11.7. The van der Waals surface area contributed by atoms with Crippen molar-refractivity contribution in [3.8, 4) is 28.6 Å². The number of benzene rings is 2. The lowest BCUT2D eigenvalue weighted by Gasteiger charge is -2.11. The molecule has 0 aliphatic rings. The topological polar surface area (TPSA) is 61.3 Å². The molecule has 1 heterocycles. The molecule has 24 heavy (non-hydrogen) atoms. The van der Waals surface area contributed by atoms with Crippen LogP contribution in [0.2, 0.25) is 0 Å². The third-order valence-electron chi connectivity index (χ3n) is 3.42. The first-order valence-electron chi connectivity index (χ1n) is 7.42. The second-order valence-electron chi connectivity index (χ2n) is 5.13. The second-order valence-corrected chi connectivity index (χ2v) is 5.13. The summed E-state index contributed by atoms with van der Waals surface area (Å²) >= 11 is 0. The summed E-state index contributed by atoms with van der Waals surface area (Å²) in [7, 11) is 1.53. The summed E-state index contributed by atoms with van der Waals surface area (Å²) in [5.41, 5.74) is 2.28. The van der Waals surface area contributed by atoms with Gasteiger partial charge < -0.3 is 9.47 Å². The summed E-state index contributed by atoms with van der Waals surface area (Å²) in [6, 6.07) is 16.6. The summed E-state index contributed by atoms with van der Waals surface area (Å²) in [5.74, 6) is 1.98. The number of aromatic nitrogens is 2. The maximum absolute atomic E-state index is 10.9. The number of rotatable bonds is 5. The molecule has 1 aromatic heterocycles. The Labute approximate surface area is 139 Å². The molecule has 0 unspecified atom stereocenters. The third kappa shape index (κ3) is 3.41. The Bertz CT molecular complexity index is 864. The van der Waals surface area contributed by atoms with Gasteiger partial charge in [0.2, 0.25) is 5.88 Å². The molecule has 0 bridgehead atoms. The number of carbonyl (C=O) groups excluding carboxylic acids is 1. The fraction of sp³-hybridized carbons (Fsp3) is 0.105. The van der Waals surface area contributed by atoms with Gasteiger partial charge in [-0.05, 0) is 25.1 Å². The van der Waals surface area contributed by atoms with Crippen LogP contribution in [0.25, 0.3) is 11.3 Å². The van der Waals surface area contributed by atoms with E-state index in [1.165, 1.54) is 7.11 Å². The van der Waals surface area contributed by atoms with Crippen LogP contribution >= 0.6 is 0 Å². The van der Waals surface area contributed by atoms with Crippen LogP contribution in [0.15, 0.2) is 54.6 Å². The van der Waals surface area contributed by atoms with Crippen molar-refractivity contribution in [2.75, 3.05) is 7.11 Å². The Balaban J connectivity index is 1.96. The van der Waals surface area contributed by atoms with Crippen LogP contribution < -0.4 is 9.47 Å². The van der Waals surface area contributed by atoms with Gasteiger partial charge in [-0.25, -0.2) is 4.98 Å². The largest absolute Gasteiger partial charge is 0.493 e. The first-order valence-corrected chi connectivity index (χ1v) is 7.42. The van der Waals surface area contributed by atoms with Crippen LogP contribution in [-0.2, 0) is 0 Å². The maximum Gasteiger partial charge on any atom is 0.223 e. The van der Waals surface area contributed by atoms with Crippen LogP contribution in [0, 0.1) is 6.92 Å². The quantitative estimate of drug-likeness (QED) is 0.663. The highest BCUT2D eigenvalue weighted by Gasteiger charge is 2.10. The van der Waals surface area contributed by atoms with E-state index >= 15 is 0 Å². The molecule has 0 radical (unpaired) electrons. The van der Waals surface area contributed by atoms with Crippen molar-refractivity contribution < 1.29 is 14.3 Å². The molecule has 0 spiro atoms. The number of aryl methyl sites for hydroxylation is 1. The Morgan fingerprint density at radius 1 is 0.958 bits per heavy atom. The zero-order valence-corrected chi connectivity index (χ0v) is 13.4. The minimum absolute atomic E-state index is 0.415. The molecular formula is C19H16N2O3. The van der Waals surface area contributed by atoms with Gasteiger partial charge in [0.05, 0.1) is 12.8 Å². The van der Waals surface area contributed by atoms with E-state index in [1.54, 1.807) is 24.3 Å². The third-order valence-corrected chi connectivity index (χ3v) is 3.42. The van der Waals surface area contributed by atoms with E-state index in [-0.39, 0.29) is 0 Å². The Morgan fingerprint density at radius 3 is 2.46 bits per heavy atom. The number of hydrogen-bond acceptors (Lipinski definition) is 5. The number of carbonyl (C=O) groups is 1. The molecule has 0 N–H and O–H groups in total. The summed E-state index contributed by atoms with van der Waals surface area (Å²) in [6.07, 6.45) is 0.759. The van der Waals surface area contributed by atoms with E-state index in [2.05, 4.69) is 9.97 Å². The van der Waals surface area contributed by atoms with Gasteiger partial charge in [0.1, 0.15) is 12.1 Å². The van der Waals surface area contributed by atoms with Crippen molar-refractivity contribution >= 4 is 6.29 Å². The van der Waals surface area contributed by atoms with Crippen LogP contribution in [0.1, 0.15) is 16.2 Å². The van der Waals surface area contributed by atoms with Gasteiger partial charge >= 0.3 is 0 Å². The summed E-state index contributed by atoms with van der Waals surface area (Å²) in [4.78, 5) is 19.6. The predicted molar refractivity (Wildman–Crippen MR) is 90.7 cm³/mol. The number of aldehydes is 1. The van der Waals surface area contributed by atoms with E-state index in [1.807, 2.05) is 37.3 Å². The SMILES string of the molecule is COc1cc(C=O)ccc1Oc1cc(-c2ccccc2)nc(C)n1. The van der Waals surface area contributed by atoms with Crippen LogP contribution in [-0.4, -0.2) is 23.4 Å². The molecular weight excluding hydrogens is 304 g/mol. The van der Waals surface area contributed by atoms with Gasteiger partial charge in [-0.2, -0.15) is 4.98 Å². The second kappa shape index (κ2) is 6.91. The molecule has 3 aromatic rings. The monoisotopic (exact) mass is 320 g/mol. The van der Waals surface area contributed by atoms with Crippen LogP contribution in [0.3, 0.4) is 0 Å². The zero-order chi connectivity index (χ0) is 16.9. The molecule has 0 aliphatic carbocycles. The number of ether oxygens (including phenoxy) is 2. The van der Waals surface area contributed by atoms with Gasteiger partial charge in [-0.1, -0.05) is 30.3 Å². The van der Waals surface area contributed by atoms with Crippen LogP contribution in [0.5, 0.6) is 17.4 Å². The fourth-order valence-corrected chi connectivity index (χ4v) is 2.30. The summed E-state index contributed by atoms with van der Waals surface area (Å²) < 4.78 is 11.1. The molecule has 0 atom stereocenters. The fourth-order valence-electron chi connectivity index (χ4n) is 2.30. The molecule has 5 nitrogen and oxygen atoms in total. The highest BCUT2D eigenvalue weighted by molar-refractivity contribution is 5.76. The van der Waals surface area contributed by atoms with Crippen molar-refractivity contribution in [3.63, 3.8) is 0 Å². The molecule has 0 saturated heterocycles. The lowest BCUT2D eigenvalue weighted by molar-refractivity contribution is 0.112. The highest BCUT2D eigenvalue weighted by Crippen LogP contribution is 2.32. The minimum atomic E-state index is 0.415. The van der Waals surface area contributed by atoms with Crippen molar-refractivity contribution in [1.82, 2.24) is 9.97 Å². The molecule has 0 aliphatic heterocycles. The molecule has 3 rings (SSSR count). The minimum Gasteiger partial charge on any atom is -0.493 e. The summed E-state index contributed by atoms with van der Waals surface area (Å²) in [6.45, 7) is 1.81. The summed E-state index contributed by atoms with van der Waals surface area (Å²) in [5, 5.41) is 0. The van der Waals surface area contributed by atoms with E-state index in [0.717, 1.165) is 17.5 Å². The first kappa shape index (κ1) is 15.7. The van der Waals surface area contributed by atoms with Crippen molar-refractivity contribution in [3.05, 3.63) is 66.0 Å². The molecule has 0 fully saturated rings. The van der Waals surface area contributed by atoms with Gasteiger partial charge in [-0.3, -0.25) is 4.79 Å². The van der Waals surface area contributed by atoms with Gasteiger partial charge in [0, 0.05) is 17.2 Å². The Morgan fingerprint density at radius 2 is 1.75 bits per heavy atom. The molecule has 0 amide bonds. The molecule has 0 saturated carbocycles. The Hall–Kier alpha value is -3.21. The highest BCUT2D eigenvalue weighted by atomic mass is 16.5. The van der Waals surface area contributed by atoms with Crippen molar-refractivity contribution in [2.24, 2.45) is 0 Å². The lowest BCUT2D eigenvalue weighted by atomic mass is 10.1. The predicted octanol–water partition coefficient (Wildman–Crippen LogP) is 4.07. The zero-order valence-electron chi connectivity index (χ0n) is 13.4. The molecule has 120 valence electrons. The van der Waals surface area contributed by atoms with E-state index in [4.69, 9.17) is 9.47 Å². The average molecular weight is 320 g/mol. The van der Waals surface area contributed by atoms with E-state index in [9.17, 15) is 4.79 Å². The lowest BCUT2D eigenvalue weighted by Crippen LogP contribution is -1.97. The van der Waals surface area contributed by atoms with Gasteiger partial charge in [0.25, 0.3) is 0 Å². The normalized spacial score (nSPS) is 10.2. The van der Waals surface area contributed by atoms with E-state index < -0.39 is 0 Å². The van der Waals surface area contributed by atoms with E-state index in [0.29, 0.717) is 28.8 Å². The molecule has 2 aromatic carbocycles. The van der Waals surface area contributed by atoms with Gasteiger partial charge in [0.15, 0.2) is 11.5 Å². The standard InChI is InChI=1S/C19H16N2O3/c1-13-20-16(15-6-4-3-5-7-15)11-19(21-13)24-17-9-8-14(12-22)10-18(17)23-2/h3-12H,1-2H3. The number of methoxy groups -OCH3 is 1. The van der Waals surface area contributed by atoms with Crippen LogP contribution in [0.4, 0.5) is 0 Å². The average Bonchev–Trinajstić information content (AvgIpc) is 2.62. The maximum atomic E-state index is 10.9. The Kier molecular flexibility index (Phi) is 4.52. The van der Waals surface area contributed by atoms with Crippen molar-refractivity contribution in [2.45, 2.75) is 6.92 Å². The number of nitrogens with zero attached hydrogens (tertiary/aromatic N) is 2. The smallest absolute Gasteiger partial charge is 0.223 e. The molecule has 5 heteroatoms. The van der Waals surface area contributed by atoms with Gasteiger partial charge in [-0.15, -0.1) is 0 Å².